The number of carbonyl (C=O) groups is 1. The van der Waals surface area contributed by atoms with Crippen LogP contribution in [-0.4, -0.2) is 37.9 Å². The maximum atomic E-state index is 13.8. The van der Waals surface area contributed by atoms with Gasteiger partial charge in [0.2, 0.25) is 5.84 Å². The molecule has 11 heteroatoms. The lowest BCUT2D eigenvalue weighted by atomic mass is 9.86. The number of halogens is 6. The summed E-state index contributed by atoms with van der Waals surface area (Å²) in [5, 5.41) is 1.77. The van der Waals surface area contributed by atoms with Crippen LogP contribution in [-0.2, 0) is 15.1 Å². The third kappa shape index (κ3) is 3.10. The van der Waals surface area contributed by atoms with Gasteiger partial charge in [-0.2, -0.15) is 26.3 Å². The number of esters is 1. The highest BCUT2D eigenvalue weighted by atomic mass is 19.4. The zero-order chi connectivity index (χ0) is 19.0. The second kappa shape index (κ2) is 6.12. The Morgan fingerprint density at radius 3 is 2.36 bits per heavy atom. The summed E-state index contributed by atoms with van der Waals surface area (Å²) in [7, 11) is 1.15. The van der Waals surface area contributed by atoms with E-state index in [1.807, 2.05) is 0 Å². The number of aliphatic imine (C=N–C) groups is 1. The van der Waals surface area contributed by atoms with E-state index in [4.69, 9.17) is 4.74 Å². The minimum Gasteiger partial charge on any atom is -0.497 e. The molecular weight excluding hydrogens is 358 g/mol. The molecule has 1 aliphatic heterocycles. The Kier molecular flexibility index (Phi) is 4.62. The molecule has 25 heavy (non-hydrogen) atoms. The predicted octanol–water partition coefficient (Wildman–Crippen LogP) is 3.40. The SMILES string of the molecule is CCOC(=O)C1(C(F)(F)F)N=C(C(F)(F)F)Nc2ccc(OC)cc21. The number of anilines is 1. The lowest BCUT2D eigenvalue weighted by Gasteiger charge is -2.36. The van der Waals surface area contributed by atoms with Crippen LogP contribution >= 0.6 is 0 Å². The number of ether oxygens (including phenoxy) is 2. The number of carbonyl (C=O) groups excluding carboxylic acids is 1. The lowest BCUT2D eigenvalue weighted by Crippen LogP contribution is -2.53. The Hall–Kier alpha value is -2.46. The number of alkyl halides is 6. The van der Waals surface area contributed by atoms with Crippen LogP contribution in [0, 0.1) is 0 Å². The van der Waals surface area contributed by atoms with Crippen LogP contribution in [0.25, 0.3) is 0 Å². The van der Waals surface area contributed by atoms with Crippen LogP contribution in [0.1, 0.15) is 12.5 Å². The van der Waals surface area contributed by atoms with Crippen molar-refractivity contribution in [2.24, 2.45) is 4.99 Å². The second-order valence-corrected chi connectivity index (χ2v) is 4.92. The molecule has 0 fully saturated rings. The van der Waals surface area contributed by atoms with Crippen molar-refractivity contribution in [3.05, 3.63) is 23.8 Å². The number of benzene rings is 1. The first-order valence-electron chi connectivity index (χ1n) is 6.84. The van der Waals surface area contributed by atoms with Crippen molar-refractivity contribution < 1.29 is 40.6 Å². The summed E-state index contributed by atoms with van der Waals surface area (Å²) in [6.45, 7) is 0.754. The van der Waals surface area contributed by atoms with E-state index in [0.717, 1.165) is 25.3 Å². The van der Waals surface area contributed by atoms with Gasteiger partial charge in [-0.05, 0) is 25.1 Å². The molecule has 1 N–H and O–H groups in total. The van der Waals surface area contributed by atoms with E-state index in [-0.39, 0.29) is 5.75 Å². The third-order valence-corrected chi connectivity index (χ3v) is 3.40. The third-order valence-electron chi connectivity index (χ3n) is 3.40. The normalized spacial score (nSPS) is 20.2. The number of nitrogens with zero attached hydrogens (tertiary/aromatic N) is 1. The molecule has 0 spiro atoms. The fraction of sp³-hybridized carbons (Fsp3) is 0.429. The molecule has 0 aliphatic carbocycles. The molecule has 1 heterocycles. The number of hydrogen-bond donors (Lipinski definition) is 1. The quantitative estimate of drug-likeness (QED) is 0.655. The van der Waals surface area contributed by atoms with Crippen LogP contribution in [0.15, 0.2) is 23.2 Å². The first-order chi connectivity index (χ1) is 11.5. The van der Waals surface area contributed by atoms with Crippen molar-refractivity contribution in [2.45, 2.75) is 24.8 Å². The molecule has 1 unspecified atom stereocenters. The van der Waals surface area contributed by atoms with Crippen LogP contribution in [0.2, 0.25) is 0 Å². The van der Waals surface area contributed by atoms with Gasteiger partial charge in [-0.1, -0.05) is 0 Å². The highest BCUT2D eigenvalue weighted by Crippen LogP contribution is 2.50. The summed E-state index contributed by atoms with van der Waals surface area (Å²) in [4.78, 5) is 14.8. The zero-order valence-corrected chi connectivity index (χ0v) is 12.9. The van der Waals surface area contributed by atoms with Crippen LogP contribution in [0.4, 0.5) is 32.0 Å². The fourth-order valence-electron chi connectivity index (χ4n) is 2.30. The number of methoxy groups -OCH3 is 1. The van der Waals surface area contributed by atoms with Gasteiger partial charge in [-0.15, -0.1) is 0 Å². The summed E-state index contributed by atoms with van der Waals surface area (Å²) in [5.74, 6) is -4.00. The Balaban J connectivity index is 2.85. The van der Waals surface area contributed by atoms with Gasteiger partial charge in [0.25, 0.3) is 5.54 Å². The molecule has 2 rings (SSSR count). The van der Waals surface area contributed by atoms with Gasteiger partial charge in [0.15, 0.2) is 0 Å². The first kappa shape index (κ1) is 18.9. The highest BCUT2D eigenvalue weighted by Gasteiger charge is 2.67. The molecule has 1 aliphatic rings. The molecule has 1 aromatic carbocycles. The second-order valence-electron chi connectivity index (χ2n) is 4.92. The molecule has 1 aromatic rings. The number of fused-ring (bicyclic) bond motifs is 1. The van der Waals surface area contributed by atoms with E-state index in [9.17, 15) is 31.1 Å². The van der Waals surface area contributed by atoms with Crippen molar-refractivity contribution in [3.63, 3.8) is 0 Å². The predicted molar refractivity (Wildman–Crippen MR) is 74.5 cm³/mol. The summed E-state index contributed by atoms with van der Waals surface area (Å²) < 4.78 is 89.7. The molecule has 0 saturated heterocycles. The number of amidine groups is 1. The number of rotatable bonds is 3. The summed E-state index contributed by atoms with van der Waals surface area (Å²) in [6, 6.07) is 2.88. The highest BCUT2D eigenvalue weighted by molar-refractivity contribution is 6.06. The summed E-state index contributed by atoms with van der Waals surface area (Å²) >= 11 is 0. The van der Waals surface area contributed by atoms with Gasteiger partial charge in [-0.25, -0.2) is 9.79 Å². The van der Waals surface area contributed by atoms with Gasteiger partial charge >= 0.3 is 18.3 Å². The van der Waals surface area contributed by atoms with E-state index >= 15 is 0 Å². The molecular formula is C14H12F6N2O3. The Labute approximate surface area is 137 Å². The van der Waals surface area contributed by atoms with Crippen molar-refractivity contribution >= 4 is 17.5 Å². The van der Waals surface area contributed by atoms with Gasteiger partial charge in [-0.3, -0.25) is 0 Å². The molecule has 5 nitrogen and oxygen atoms in total. The van der Waals surface area contributed by atoms with Crippen LogP contribution in [0.3, 0.4) is 0 Å². The average Bonchev–Trinajstić information content (AvgIpc) is 2.51. The molecule has 0 saturated carbocycles. The van der Waals surface area contributed by atoms with Gasteiger partial charge in [0.1, 0.15) is 5.75 Å². The summed E-state index contributed by atoms with van der Waals surface area (Å²) in [6.07, 6.45) is -10.7. The number of hydrogen-bond acceptors (Lipinski definition) is 5. The zero-order valence-electron chi connectivity index (χ0n) is 12.9. The van der Waals surface area contributed by atoms with Gasteiger partial charge < -0.3 is 14.8 Å². The largest absolute Gasteiger partial charge is 0.497 e. The number of nitrogens with one attached hydrogen (secondary N) is 1. The van der Waals surface area contributed by atoms with E-state index in [1.165, 1.54) is 6.92 Å². The molecule has 0 radical (unpaired) electrons. The van der Waals surface area contributed by atoms with E-state index in [0.29, 0.717) is 0 Å². The fourth-order valence-corrected chi connectivity index (χ4v) is 2.30. The minimum atomic E-state index is -5.49. The summed E-state index contributed by atoms with van der Waals surface area (Å²) in [5.41, 5.74) is -5.28. The molecule has 138 valence electrons. The molecule has 0 aromatic heterocycles. The molecule has 0 amide bonds. The Morgan fingerprint density at radius 1 is 1.24 bits per heavy atom. The van der Waals surface area contributed by atoms with Crippen molar-refractivity contribution in [1.29, 1.82) is 0 Å². The van der Waals surface area contributed by atoms with Gasteiger partial charge in [0.05, 0.1) is 13.7 Å². The van der Waals surface area contributed by atoms with Crippen molar-refractivity contribution in [2.75, 3.05) is 19.0 Å². The van der Waals surface area contributed by atoms with Crippen LogP contribution < -0.4 is 10.1 Å². The maximum Gasteiger partial charge on any atom is 0.449 e. The maximum absolute atomic E-state index is 13.8. The van der Waals surface area contributed by atoms with Gasteiger partial charge in [0, 0.05) is 11.3 Å². The topological polar surface area (TPSA) is 59.9 Å². The van der Waals surface area contributed by atoms with Crippen molar-refractivity contribution in [3.8, 4) is 5.75 Å². The van der Waals surface area contributed by atoms with E-state index in [2.05, 4.69) is 9.73 Å². The van der Waals surface area contributed by atoms with Crippen molar-refractivity contribution in [1.82, 2.24) is 0 Å². The Bertz CT molecular complexity index is 713. The first-order valence-corrected chi connectivity index (χ1v) is 6.84. The van der Waals surface area contributed by atoms with E-state index < -0.39 is 47.6 Å². The monoisotopic (exact) mass is 370 g/mol. The standard InChI is InChI=1S/C14H12F6N2O3/c1-3-25-11(23)12(14(18,19)20)8-6-7(24-2)4-5-9(8)21-10(22-12)13(15,16)17/h4-6H,3H2,1-2H3,(H,21,22). The average molecular weight is 370 g/mol. The molecule has 0 bridgehead atoms. The van der Waals surface area contributed by atoms with Crippen LogP contribution in [0.5, 0.6) is 5.75 Å². The molecule has 1 atom stereocenters. The smallest absolute Gasteiger partial charge is 0.449 e. The van der Waals surface area contributed by atoms with E-state index in [1.54, 1.807) is 5.32 Å². The Morgan fingerprint density at radius 2 is 1.88 bits per heavy atom. The minimum absolute atomic E-state index is 0.0934. The lowest BCUT2D eigenvalue weighted by molar-refractivity contribution is -0.208.